The lowest BCUT2D eigenvalue weighted by molar-refractivity contribution is -0.135. The molecule has 3 aromatic rings. The first kappa shape index (κ1) is 19.9. The van der Waals surface area contributed by atoms with Gasteiger partial charge in [-0.25, -0.2) is 4.98 Å². The van der Waals surface area contributed by atoms with E-state index in [2.05, 4.69) is 48.8 Å². The van der Waals surface area contributed by atoms with Crippen LogP contribution >= 0.6 is 50.3 Å². The third kappa shape index (κ3) is 4.36. The quantitative estimate of drug-likeness (QED) is 0.319. The van der Waals surface area contributed by atoms with Gasteiger partial charge in [0.05, 0.1) is 0 Å². The Morgan fingerprint density at radius 1 is 1.19 bits per heavy atom. The molecule has 1 heterocycles. The van der Waals surface area contributed by atoms with Gasteiger partial charge in [0.15, 0.2) is 11.4 Å². The van der Waals surface area contributed by atoms with Crippen LogP contribution in [0.2, 0.25) is 0 Å². The molecule has 0 spiro atoms. The van der Waals surface area contributed by atoms with Crippen LogP contribution in [0.15, 0.2) is 56.9 Å². The Hall–Kier alpha value is -1.85. The van der Waals surface area contributed by atoms with E-state index in [0.717, 1.165) is 13.4 Å². The number of hydrogen-bond acceptors (Lipinski definition) is 5. The highest BCUT2D eigenvalue weighted by Gasteiger charge is 2.21. The van der Waals surface area contributed by atoms with Crippen LogP contribution in [0, 0.1) is 3.57 Å². The van der Waals surface area contributed by atoms with Crippen LogP contribution in [0.1, 0.15) is 10.5 Å². The fraction of sp³-hybridized carbons (Fsp3) is 0.0556. The maximum absolute atomic E-state index is 12.2. The molecule has 0 aliphatic carbocycles. The molecule has 27 heavy (non-hydrogen) atoms. The molecule has 0 saturated heterocycles. The number of nitrogens with one attached hydrogen (secondary N) is 1. The molecule has 0 bridgehead atoms. The molecule has 0 fully saturated rings. The van der Waals surface area contributed by atoms with Crippen molar-refractivity contribution in [2.75, 3.05) is 6.54 Å². The molecule has 3 N–H and O–H groups in total. The van der Waals surface area contributed by atoms with E-state index in [9.17, 15) is 14.7 Å². The molecule has 0 unspecified atom stereocenters. The summed E-state index contributed by atoms with van der Waals surface area (Å²) in [4.78, 5) is 28.9. The van der Waals surface area contributed by atoms with Crippen molar-refractivity contribution in [2.45, 2.75) is 9.79 Å². The van der Waals surface area contributed by atoms with Crippen LogP contribution in [0.25, 0.3) is 10.8 Å². The van der Waals surface area contributed by atoms with E-state index < -0.39 is 18.4 Å². The minimum absolute atomic E-state index is 0.226. The van der Waals surface area contributed by atoms with Gasteiger partial charge in [0.25, 0.3) is 5.91 Å². The Labute approximate surface area is 180 Å². The summed E-state index contributed by atoms with van der Waals surface area (Å²) >= 11 is 6.99. The first-order chi connectivity index (χ1) is 12.9. The van der Waals surface area contributed by atoms with Gasteiger partial charge in [0.1, 0.15) is 11.1 Å². The van der Waals surface area contributed by atoms with E-state index in [4.69, 9.17) is 5.11 Å². The smallest absolute Gasteiger partial charge is 0.322 e. The number of halogens is 2. The molecular formula is C18H12BrIN2O4S. The van der Waals surface area contributed by atoms with Crippen molar-refractivity contribution < 1.29 is 19.8 Å². The number of aliphatic carboxylic acids is 1. The minimum Gasteiger partial charge on any atom is -0.505 e. The fourth-order valence-corrected chi connectivity index (χ4v) is 4.82. The number of benzene rings is 2. The van der Waals surface area contributed by atoms with E-state index >= 15 is 0 Å². The van der Waals surface area contributed by atoms with Gasteiger partial charge in [-0.3, -0.25) is 9.59 Å². The normalized spacial score (nSPS) is 10.7. The van der Waals surface area contributed by atoms with Gasteiger partial charge >= 0.3 is 5.97 Å². The predicted molar refractivity (Wildman–Crippen MR) is 114 cm³/mol. The summed E-state index contributed by atoms with van der Waals surface area (Å²) in [6.07, 6.45) is 0. The average Bonchev–Trinajstić information content (AvgIpc) is 2.65. The van der Waals surface area contributed by atoms with Gasteiger partial charge in [-0.15, -0.1) is 0 Å². The van der Waals surface area contributed by atoms with Gasteiger partial charge < -0.3 is 15.5 Å². The van der Waals surface area contributed by atoms with Crippen LogP contribution in [-0.2, 0) is 4.79 Å². The van der Waals surface area contributed by atoms with Crippen molar-refractivity contribution >= 4 is 72.9 Å². The summed E-state index contributed by atoms with van der Waals surface area (Å²) in [6.45, 7) is -0.559. The van der Waals surface area contributed by atoms with Crippen LogP contribution in [0.3, 0.4) is 0 Å². The second-order valence-corrected chi connectivity index (χ2v) is 8.34. The zero-order chi connectivity index (χ0) is 19.6. The van der Waals surface area contributed by atoms with E-state index in [1.165, 1.54) is 11.8 Å². The summed E-state index contributed by atoms with van der Waals surface area (Å²) < 4.78 is 1.16. The van der Waals surface area contributed by atoms with E-state index in [0.29, 0.717) is 15.4 Å². The number of fused-ring (bicyclic) bond motifs is 1. The van der Waals surface area contributed by atoms with Crippen molar-refractivity contribution in [3.05, 3.63) is 56.3 Å². The number of nitrogens with zero attached hydrogens (tertiary/aromatic N) is 1. The molecule has 0 aliphatic rings. The minimum atomic E-state index is -1.18. The number of carbonyl (C=O) groups excluding carboxylic acids is 1. The van der Waals surface area contributed by atoms with Gasteiger partial charge in [-0.2, -0.15) is 0 Å². The van der Waals surface area contributed by atoms with Crippen molar-refractivity contribution in [3.63, 3.8) is 0 Å². The Kier molecular flexibility index (Phi) is 6.22. The lowest BCUT2D eigenvalue weighted by atomic mass is 10.1. The van der Waals surface area contributed by atoms with Crippen molar-refractivity contribution in [3.8, 4) is 5.75 Å². The largest absolute Gasteiger partial charge is 0.505 e. The lowest BCUT2D eigenvalue weighted by Gasteiger charge is -2.13. The molecule has 3 rings (SSSR count). The van der Waals surface area contributed by atoms with Crippen molar-refractivity contribution in [2.24, 2.45) is 0 Å². The third-order valence-electron chi connectivity index (χ3n) is 3.59. The van der Waals surface area contributed by atoms with Crippen LogP contribution in [0.4, 0.5) is 0 Å². The number of hydrogen-bond donors (Lipinski definition) is 3. The van der Waals surface area contributed by atoms with E-state index in [-0.39, 0.29) is 11.4 Å². The van der Waals surface area contributed by atoms with Gasteiger partial charge in [0, 0.05) is 24.1 Å². The standard InChI is InChI=1S/C18H12BrIN2O4S/c19-17-10-6-7-11(27-9-4-2-1-3-5-9)14(20)13(10)16(25)15(22-17)18(26)21-8-12(23)24/h1-7,25H,8H2,(H,21,26)(H,23,24). The average molecular weight is 559 g/mol. The summed E-state index contributed by atoms with van der Waals surface area (Å²) in [7, 11) is 0. The SMILES string of the molecule is O=C(O)CNC(=O)c1nc(Br)c2ccc(Sc3ccccc3)c(I)c2c1O. The van der Waals surface area contributed by atoms with Crippen molar-refractivity contribution in [1.82, 2.24) is 10.3 Å². The summed E-state index contributed by atoms with van der Waals surface area (Å²) in [6, 6.07) is 13.5. The Balaban J connectivity index is 2.08. The number of carboxylic acid groups (broad SMARTS) is 1. The van der Waals surface area contributed by atoms with Crippen LogP contribution in [0.5, 0.6) is 5.75 Å². The number of pyridine rings is 1. The Morgan fingerprint density at radius 2 is 1.89 bits per heavy atom. The van der Waals surface area contributed by atoms with Crippen LogP contribution in [-0.4, -0.2) is 33.6 Å². The molecule has 0 radical (unpaired) electrons. The third-order valence-corrected chi connectivity index (χ3v) is 6.75. The second kappa shape index (κ2) is 8.44. The second-order valence-electron chi connectivity index (χ2n) is 5.39. The van der Waals surface area contributed by atoms with Gasteiger partial charge in [-0.1, -0.05) is 36.0 Å². The van der Waals surface area contributed by atoms with E-state index in [1.54, 1.807) is 0 Å². The maximum atomic E-state index is 12.2. The first-order valence-corrected chi connectivity index (χ1v) is 10.3. The summed E-state index contributed by atoms with van der Waals surface area (Å²) in [5.41, 5.74) is -0.226. The summed E-state index contributed by atoms with van der Waals surface area (Å²) in [5.74, 6) is -2.22. The molecule has 0 saturated carbocycles. The molecule has 6 nitrogen and oxygen atoms in total. The van der Waals surface area contributed by atoms with Crippen LogP contribution < -0.4 is 5.32 Å². The summed E-state index contributed by atoms with van der Waals surface area (Å²) in [5, 5.41) is 22.7. The predicted octanol–water partition coefficient (Wildman–Crippen LogP) is 4.27. The molecule has 0 aliphatic heterocycles. The highest BCUT2D eigenvalue weighted by Crippen LogP contribution is 2.41. The number of amides is 1. The van der Waals surface area contributed by atoms with Crippen molar-refractivity contribution in [1.29, 1.82) is 0 Å². The lowest BCUT2D eigenvalue weighted by Crippen LogP contribution is -2.30. The topological polar surface area (TPSA) is 99.5 Å². The Morgan fingerprint density at radius 3 is 2.56 bits per heavy atom. The molecule has 1 aromatic heterocycles. The molecule has 138 valence electrons. The van der Waals surface area contributed by atoms with E-state index in [1.807, 2.05) is 42.5 Å². The molecule has 0 atom stereocenters. The number of aromatic hydroxyl groups is 1. The molecule has 2 aromatic carbocycles. The monoisotopic (exact) mass is 558 g/mol. The highest BCUT2D eigenvalue weighted by molar-refractivity contribution is 14.1. The molecule has 9 heteroatoms. The van der Waals surface area contributed by atoms with Gasteiger partial charge in [0.2, 0.25) is 0 Å². The fourth-order valence-electron chi connectivity index (χ4n) is 2.38. The number of carbonyl (C=O) groups is 2. The molecule has 1 amide bonds. The van der Waals surface area contributed by atoms with Gasteiger partial charge in [-0.05, 0) is 56.7 Å². The zero-order valence-electron chi connectivity index (χ0n) is 13.6. The maximum Gasteiger partial charge on any atom is 0.322 e. The number of carboxylic acids is 1. The number of aromatic nitrogens is 1. The zero-order valence-corrected chi connectivity index (χ0v) is 18.1. The molecular weight excluding hydrogens is 547 g/mol. The Bertz CT molecular complexity index is 1050. The highest BCUT2D eigenvalue weighted by atomic mass is 127. The number of rotatable bonds is 5. The first-order valence-electron chi connectivity index (χ1n) is 7.62.